The van der Waals surface area contributed by atoms with Gasteiger partial charge in [-0.1, -0.05) is 11.6 Å². The molecule has 70 valence electrons. The Bertz CT molecular complexity index is 285. The average Bonchev–Trinajstić information content (AvgIpc) is 2.57. The van der Waals surface area contributed by atoms with Gasteiger partial charge in [0.25, 0.3) is 0 Å². The maximum atomic E-state index is 4.26. The SMILES string of the molecule is CC1=CCCC(Cc2c[nH]cn2)C1. The van der Waals surface area contributed by atoms with Gasteiger partial charge in [0.05, 0.1) is 12.0 Å². The van der Waals surface area contributed by atoms with E-state index in [9.17, 15) is 0 Å². The molecule has 0 saturated heterocycles. The molecule has 1 aliphatic carbocycles. The molecule has 1 heterocycles. The highest BCUT2D eigenvalue weighted by Gasteiger charge is 2.14. The molecule has 13 heavy (non-hydrogen) atoms. The molecule has 2 heteroatoms. The summed E-state index contributed by atoms with van der Waals surface area (Å²) in [6.07, 6.45) is 11.1. The van der Waals surface area contributed by atoms with Crippen molar-refractivity contribution < 1.29 is 0 Å². The van der Waals surface area contributed by atoms with E-state index in [1.54, 1.807) is 11.9 Å². The molecule has 1 aliphatic rings. The molecule has 0 amide bonds. The van der Waals surface area contributed by atoms with Crippen LogP contribution < -0.4 is 0 Å². The highest BCUT2D eigenvalue weighted by atomic mass is 14.9. The summed E-state index contributed by atoms with van der Waals surface area (Å²) in [4.78, 5) is 7.27. The zero-order chi connectivity index (χ0) is 9.10. The summed E-state index contributed by atoms with van der Waals surface area (Å²) in [5.74, 6) is 0.813. The molecular formula is C11H16N2. The number of aromatic amines is 1. The van der Waals surface area contributed by atoms with Gasteiger partial charge in [0.2, 0.25) is 0 Å². The number of hydrogen-bond donors (Lipinski definition) is 1. The lowest BCUT2D eigenvalue weighted by atomic mass is 9.86. The number of imidazole rings is 1. The van der Waals surface area contributed by atoms with Gasteiger partial charge in [-0.15, -0.1) is 0 Å². The van der Waals surface area contributed by atoms with Gasteiger partial charge >= 0.3 is 0 Å². The first kappa shape index (κ1) is 8.54. The van der Waals surface area contributed by atoms with Crippen molar-refractivity contribution in [2.45, 2.75) is 32.6 Å². The minimum absolute atomic E-state index is 0.813. The summed E-state index contributed by atoms with van der Waals surface area (Å²) < 4.78 is 0. The molecular weight excluding hydrogens is 160 g/mol. The minimum atomic E-state index is 0.813. The number of hydrogen-bond acceptors (Lipinski definition) is 1. The van der Waals surface area contributed by atoms with E-state index < -0.39 is 0 Å². The summed E-state index contributed by atoms with van der Waals surface area (Å²) in [5.41, 5.74) is 2.76. The normalized spacial score (nSPS) is 22.8. The number of allylic oxidation sites excluding steroid dienone is 2. The zero-order valence-corrected chi connectivity index (χ0v) is 8.09. The smallest absolute Gasteiger partial charge is 0.0923 e. The second-order valence-electron chi connectivity index (χ2n) is 3.96. The molecule has 0 bridgehead atoms. The van der Waals surface area contributed by atoms with Crippen molar-refractivity contribution in [2.75, 3.05) is 0 Å². The molecule has 1 unspecified atom stereocenters. The zero-order valence-electron chi connectivity index (χ0n) is 8.09. The van der Waals surface area contributed by atoms with Crippen LogP contribution in [0.2, 0.25) is 0 Å². The van der Waals surface area contributed by atoms with E-state index in [1.165, 1.54) is 25.0 Å². The molecule has 1 atom stereocenters. The van der Waals surface area contributed by atoms with Crippen molar-refractivity contribution in [3.8, 4) is 0 Å². The number of H-pyrrole nitrogens is 1. The van der Waals surface area contributed by atoms with E-state index in [4.69, 9.17) is 0 Å². The van der Waals surface area contributed by atoms with Gasteiger partial charge in [0.15, 0.2) is 0 Å². The Balaban J connectivity index is 1.93. The largest absolute Gasteiger partial charge is 0.351 e. The maximum absolute atomic E-state index is 4.26. The highest BCUT2D eigenvalue weighted by molar-refractivity contribution is 5.06. The van der Waals surface area contributed by atoms with Crippen LogP contribution in [0.25, 0.3) is 0 Å². The Morgan fingerprint density at radius 2 is 2.54 bits per heavy atom. The number of rotatable bonds is 2. The molecule has 1 N–H and O–H groups in total. The Labute approximate surface area is 79.1 Å². The summed E-state index contributed by atoms with van der Waals surface area (Å²) in [6.45, 7) is 2.23. The first-order valence-electron chi connectivity index (χ1n) is 4.98. The molecule has 0 saturated carbocycles. The molecule has 0 aliphatic heterocycles. The number of aromatic nitrogens is 2. The highest BCUT2D eigenvalue weighted by Crippen LogP contribution is 2.25. The van der Waals surface area contributed by atoms with Crippen LogP contribution in [0.4, 0.5) is 0 Å². The van der Waals surface area contributed by atoms with E-state index in [2.05, 4.69) is 23.0 Å². The second kappa shape index (κ2) is 3.77. The molecule has 0 radical (unpaired) electrons. The Hall–Kier alpha value is -1.05. The van der Waals surface area contributed by atoms with Gasteiger partial charge in [-0.05, 0) is 38.5 Å². The van der Waals surface area contributed by atoms with Gasteiger partial charge in [-0.2, -0.15) is 0 Å². The number of nitrogens with one attached hydrogen (secondary N) is 1. The van der Waals surface area contributed by atoms with Crippen LogP contribution in [0.3, 0.4) is 0 Å². The van der Waals surface area contributed by atoms with Gasteiger partial charge in [-0.25, -0.2) is 4.98 Å². The fraction of sp³-hybridized carbons (Fsp3) is 0.545. The summed E-state index contributed by atoms with van der Waals surface area (Å²) in [7, 11) is 0. The van der Waals surface area contributed by atoms with Gasteiger partial charge in [0.1, 0.15) is 0 Å². The topological polar surface area (TPSA) is 28.7 Å². The third-order valence-corrected chi connectivity index (χ3v) is 2.73. The number of nitrogens with zero attached hydrogens (tertiary/aromatic N) is 1. The second-order valence-corrected chi connectivity index (χ2v) is 3.96. The van der Waals surface area contributed by atoms with Crippen LogP contribution in [-0.4, -0.2) is 9.97 Å². The van der Waals surface area contributed by atoms with Crippen molar-refractivity contribution >= 4 is 0 Å². The van der Waals surface area contributed by atoms with Gasteiger partial charge in [-0.3, -0.25) is 0 Å². The van der Waals surface area contributed by atoms with Gasteiger partial charge < -0.3 is 4.98 Å². The lowest BCUT2D eigenvalue weighted by molar-refractivity contribution is 0.459. The molecule has 0 spiro atoms. The Morgan fingerprint density at radius 3 is 3.23 bits per heavy atom. The van der Waals surface area contributed by atoms with E-state index in [-0.39, 0.29) is 0 Å². The Morgan fingerprint density at radius 1 is 1.62 bits per heavy atom. The summed E-state index contributed by atoms with van der Waals surface area (Å²) in [5, 5.41) is 0. The van der Waals surface area contributed by atoms with E-state index in [0.717, 1.165) is 12.3 Å². The molecule has 2 rings (SSSR count). The van der Waals surface area contributed by atoms with Crippen molar-refractivity contribution in [1.29, 1.82) is 0 Å². The van der Waals surface area contributed by atoms with Crippen molar-refractivity contribution in [3.63, 3.8) is 0 Å². The van der Waals surface area contributed by atoms with Crippen molar-refractivity contribution in [1.82, 2.24) is 9.97 Å². The van der Waals surface area contributed by atoms with Crippen molar-refractivity contribution in [2.24, 2.45) is 5.92 Å². The third-order valence-electron chi connectivity index (χ3n) is 2.73. The lowest BCUT2D eigenvalue weighted by Gasteiger charge is -2.19. The first-order valence-corrected chi connectivity index (χ1v) is 4.98. The lowest BCUT2D eigenvalue weighted by Crippen LogP contribution is -2.08. The third kappa shape index (κ3) is 2.20. The predicted molar refractivity (Wildman–Crippen MR) is 53.4 cm³/mol. The van der Waals surface area contributed by atoms with Crippen LogP contribution in [-0.2, 0) is 6.42 Å². The molecule has 1 aromatic rings. The van der Waals surface area contributed by atoms with E-state index >= 15 is 0 Å². The first-order chi connectivity index (χ1) is 6.34. The summed E-state index contributed by atoms with van der Waals surface area (Å²) >= 11 is 0. The monoisotopic (exact) mass is 176 g/mol. The van der Waals surface area contributed by atoms with Crippen LogP contribution in [0, 0.1) is 5.92 Å². The van der Waals surface area contributed by atoms with E-state index in [0.29, 0.717) is 0 Å². The quantitative estimate of drug-likeness (QED) is 0.689. The maximum Gasteiger partial charge on any atom is 0.0923 e. The molecule has 0 aromatic carbocycles. The van der Waals surface area contributed by atoms with E-state index in [1.807, 2.05) is 6.20 Å². The molecule has 0 fully saturated rings. The fourth-order valence-electron chi connectivity index (χ4n) is 2.08. The predicted octanol–water partition coefficient (Wildman–Crippen LogP) is 2.70. The molecule has 2 nitrogen and oxygen atoms in total. The van der Waals surface area contributed by atoms with Crippen LogP contribution >= 0.6 is 0 Å². The standard InChI is InChI=1S/C11H16N2/c1-9-3-2-4-10(5-9)6-11-7-12-8-13-11/h3,7-8,10H,2,4-6H2,1H3,(H,12,13). The fourth-order valence-corrected chi connectivity index (χ4v) is 2.08. The average molecular weight is 176 g/mol. The van der Waals surface area contributed by atoms with Crippen LogP contribution in [0.5, 0.6) is 0 Å². The van der Waals surface area contributed by atoms with Crippen molar-refractivity contribution in [3.05, 3.63) is 29.9 Å². The van der Waals surface area contributed by atoms with Crippen LogP contribution in [0.15, 0.2) is 24.2 Å². The Kier molecular flexibility index (Phi) is 2.48. The minimum Gasteiger partial charge on any atom is -0.351 e. The summed E-state index contributed by atoms with van der Waals surface area (Å²) in [6, 6.07) is 0. The van der Waals surface area contributed by atoms with Gasteiger partial charge in [0, 0.05) is 6.20 Å². The molecule has 1 aromatic heterocycles. The van der Waals surface area contributed by atoms with Crippen LogP contribution in [0.1, 0.15) is 31.9 Å².